The molecule has 1 aromatic carbocycles. The lowest BCUT2D eigenvalue weighted by atomic mass is 10.1. The fourth-order valence-electron chi connectivity index (χ4n) is 3.69. The molecule has 0 amide bonds. The van der Waals surface area contributed by atoms with Crippen molar-refractivity contribution in [3.05, 3.63) is 42.2 Å². The number of thioether (sulfide) groups is 1. The van der Waals surface area contributed by atoms with Crippen molar-refractivity contribution in [3.63, 3.8) is 0 Å². The summed E-state index contributed by atoms with van der Waals surface area (Å²) >= 11 is 1.51. The molecule has 0 bridgehead atoms. The lowest BCUT2D eigenvalue weighted by Crippen LogP contribution is -2.30. The predicted molar refractivity (Wildman–Crippen MR) is 107 cm³/mol. The molecule has 0 radical (unpaired) electrons. The maximum absolute atomic E-state index is 10.4. The van der Waals surface area contributed by atoms with Crippen LogP contribution in [0.3, 0.4) is 0 Å². The molecule has 1 saturated carbocycles. The minimum atomic E-state index is -1.00. The second-order valence-corrected chi connectivity index (χ2v) is 8.09. The molecule has 8 nitrogen and oxygen atoms in total. The monoisotopic (exact) mass is 401 g/mol. The summed E-state index contributed by atoms with van der Waals surface area (Å²) in [4.78, 5) is 13.2. The average Bonchev–Trinajstić information content (AvgIpc) is 3.24. The summed E-state index contributed by atoms with van der Waals surface area (Å²) in [6.45, 7) is -0.181. The highest BCUT2D eigenvalue weighted by Gasteiger charge is 2.42. The molecule has 0 saturated heterocycles. The van der Waals surface area contributed by atoms with E-state index in [1.165, 1.54) is 17.3 Å². The van der Waals surface area contributed by atoms with Gasteiger partial charge in [-0.1, -0.05) is 42.1 Å². The molecule has 4 rings (SSSR count). The van der Waals surface area contributed by atoms with E-state index >= 15 is 0 Å². The normalized spacial score (nSPS) is 24.8. The van der Waals surface area contributed by atoms with E-state index in [0.717, 1.165) is 12.2 Å². The van der Waals surface area contributed by atoms with Gasteiger partial charge >= 0.3 is 0 Å². The van der Waals surface area contributed by atoms with Gasteiger partial charge in [0.1, 0.15) is 11.6 Å². The third-order valence-corrected chi connectivity index (χ3v) is 6.10. The SMILES string of the molecule is Nc1nc(SCCc2ccccc2)nc2c1ncn2C1CC(CO)C(O)C1O. The largest absolute Gasteiger partial charge is 0.396 e. The number of hydrogen-bond acceptors (Lipinski definition) is 8. The number of nitrogens with zero attached hydrogens (tertiary/aromatic N) is 4. The number of hydrogen-bond donors (Lipinski definition) is 4. The Balaban J connectivity index is 1.56. The molecule has 4 unspecified atom stereocenters. The summed E-state index contributed by atoms with van der Waals surface area (Å²) in [7, 11) is 0. The molecule has 28 heavy (non-hydrogen) atoms. The highest BCUT2D eigenvalue weighted by Crippen LogP contribution is 2.37. The van der Waals surface area contributed by atoms with E-state index in [1.807, 2.05) is 18.2 Å². The number of fused-ring (bicyclic) bond motifs is 1. The molecule has 5 N–H and O–H groups in total. The zero-order valence-electron chi connectivity index (χ0n) is 15.2. The average molecular weight is 401 g/mol. The van der Waals surface area contributed by atoms with E-state index in [4.69, 9.17) is 5.73 Å². The Morgan fingerprint density at radius 3 is 2.64 bits per heavy atom. The zero-order chi connectivity index (χ0) is 19.7. The van der Waals surface area contributed by atoms with Crippen molar-refractivity contribution < 1.29 is 15.3 Å². The van der Waals surface area contributed by atoms with E-state index in [2.05, 4.69) is 27.1 Å². The van der Waals surface area contributed by atoms with Gasteiger partial charge in [0.25, 0.3) is 0 Å². The molecule has 9 heteroatoms. The lowest BCUT2D eigenvalue weighted by Gasteiger charge is -2.18. The van der Waals surface area contributed by atoms with Crippen LogP contribution in [-0.2, 0) is 6.42 Å². The van der Waals surface area contributed by atoms with Gasteiger partial charge in [0, 0.05) is 18.3 Å². The van der Waals surface area contributed by atoms with Gasteiger partial charge in [0.15, 0.2) is 16.6 Å². The lowest BCUT2D eigenvalue weighted by molar-refractivity contribution is -0.00371. The Hall–Kier alpha value is -2.20. The number of nitrogen functional groups attached to an aromatic ring is 1. The first-order valence-corrected chi connectivity index (χ1v) is 10.2. The summed E-state index contributed by atoms with van der Waals surface area (Å²) in [5.41, 5.74) is 8.32. The topological polar surface area (TPSA) is 130 Å². The highest BCUT2D eigenvalue weighted by atomic mass is 32.2. The summed E-state index contributed by atoms with van der Waals surface area (Å²) in [5.74, 6) is 0.717. The van der Waals surface area contributed by atoms with Gasteiger partial charge in [-0.3, -0.25) is 0 Å². The van der Waals surface area contributed by atoms with Crippen molar-refractivity contribution in [1.29, 1.82) is 0 Å². The highest BCUT2D eigenvalue weighted by molar-refractivity contribution is 7.99. The van der Waals surface area contributed by atoms with Crippen molar-refractivity contribution in [2.75, 3.05) is 18.1 Å². The van der Waals surface area contributed by atoms with Crippen LogP contribution in [-0.4, -0.2) is 59.4 Å². The number of aromatic nitrogens is 4. The minimum absolute atomic E-state index is 0.181. The number of imidazole rings is 1. The summed E-state index contributed by atoms with van der Waals surface area (Å²) < 4.78 is 1.73. The molecule has 148 valence electrons. The summed E-state index contributed by atoms with van der Waals surface area (Å²) in [6, 6.07) is 9.76. The fourth-order valence-corrected chi connectivity index (χ4v) is 4.52. The van der Waals surface area contributed by atoms with Crippen molar-refractivity contribution in [1.82, 2.24) is 19.5 Å². The smallest absolute Gasteiger partial charge is 0.191 e. The maximum atomic E-state index is 10.4. The number of anilines is 1. The summed E-state index contributed by atoms with van der Waals surface area (Å²) in [5, 5.41) is 30.5. The van der Waals surface area contributed by atoms with Crippen LogP contribution in [0.1, 0.15) is 18.0 Å². The number of nitrogens with two attached hydrogens (primary N) is 1. The van der Waals surface area contributed by atoms with Crippen LogP contribution in [0.5, 0.6) is 0 Å². The molecule has 1 fully saturated rings. The molecule has 2 heterocycles. The van der Waals surface area contributed by atoms with Gasteiger partial charge in [-0.25, -0.2) is 15.0 Å². The minimum Gasteiger partial charge on any atom is -0.396 e. The van der Waals surface area contributed by atoms with Crippen molar-refractivity contribution in [3.8, 4) is 0 Å². The van der Waals surface area contributed by atoms with E-state index in [0.29, 0.717) is 22.7 Å². The maximum Gasteiger partial charge on any atom is 0.191 e. The van der Waals surface area contributed by atoms with Crippen LogP contribution in [0.2, 0.25) is 0 Å². The van der Waals surface area contributed by atoms with E-state index in [9.17, 15) is 15.3 Å². The molecular weight excluding hydrogens is 378 g/mol. The van der Waals surface area contributed by atoms with Gasteiger partial charge in [-0.05, 0) is 18.4 Å². The Morgan fingerprint density at radius 1 is 1.14 bits per heavy atom. The molecule has 2 aromatic heterocycles. The molecule has 0 spiro atoms. The standard InChI is InChI=1S/C19H23N5O3S/c20-17-14-18(23-19(22-17)28-7-6-11-4-2-1-3-5-11)24(10-21-14)13-8-12(9-25)15(26)16(13)27/h1-5,10,12-13,15-16,25-27H,6-9H2,(H2,20,22,23). The Morgan fingerprint density at radius 2 is 1.93 bits per heavy atom. The van der Waals surface area contributed by atoms with Crippen molar-refractivity contribution in [2.45, 2.75) is 36.2 Å². The van der Waals surface area contributed by atoms with Crippen LogP contribution < -0.4 is 5.73 Å². The number of aryl methyl sites for hydroxylation is 1. The van der Waals surface area contributed by atoms with Crippen LogP contribution in [0.15, 0.2) is 41.8 Å². The van der Waals surface area contributed by atoms with E-state index < -0.39 is 18.2 Å². The van der Waals surface area contributed by atoms with E-state index in [1.54, 1.807) is 10.9 Å². The zero-order valence-corrected chi connectivity index (χ0v) is 16.0. The van der Waals surface area contributed by atoms with E-state index in [-0.39, 0.29) is 18.3 Å². The molecule has 1 aliphatic carbocycles. The van der Waals surface area contributed by atoms with Gasteiger partial charge in [0.2, 0.25) is 0 Å². The Labute approximate surface area is 166 Å². The first-order chi connectivity index (χ1) is 13.6. The van der Waals surface area contributed by atoms with Crippen LogP contribution in [0.4, 0.5) is 5.82 Å². The fraction of sp³-hybridized carbons (Fsp3) is 0.421. The quantitative estimate of drug-likeness (QED) is 0.356. The van der Waals surface area contributed by atoms with Crippen LogP contribution in [0.25, 0.3) is 11.2 Å². The second kappa shape index (κ2) is 8.04. The predicted octanol–water partition coefficient (Wildman–Crippen LogP) is 1.02. The van der Waals surface area contributed by atoms with Gasteiger partial charge in [-0.2, -0.15) is 0 Å². The number of aliphatic hydroxyl groups is 3. The second-order valence-electron chi connectivity index (χ2n) is 7.03. The third kappa shape index (κ3) is 3.58. The van der Waals surface area contributed by atoms with Crippen molar-refractivity contribution >= 4 is 28.7 Å². The van der Waals surface area contributed by atoms with Crippen LogP contribution in [0, 0.1) is 5.92 Å². The molecule has 0 aliphatic heterocycles. The van der Waals surface area contributed by atoms with Crippen LogP contribution >= 0.6 is 11.8 Å². The first kappa shape index (κ1) is 19.1. The Kier molecular flexibility index (Phi) is 5.49. The number of aliphatic hydroxyl groups excluding tert-OH is 3. The van der Waals surface area contributed by atoms with Gasteiger partial charge < -0.3 is 25.6 Å². The Bertz CT molecular complexity index is 951. The summed E-state index contributed by atoms with van der Waals surface area (Å²) in [6.07, 6.45) is 0.906. The van der Waals surface area contributed by atoms with Crippen molar-refractivity contribution in [2.24, 2.45) is 5.92 Å². The number of benzene rings is 1. The molecular formula is C19H23N5O3S. The molecule has 1 aliphatic rings. The van der Waals surface area contributed by atoms with Gasteiger partial charge in [-0.15, -0.1) is 0 Å². The van der Waals surface area contributed by atoms with Gasteiger partial charge in [0.05, 0.1) is 18.5 Å². The molecule has 3 aromatic rings. The third-order valence-electron chi connectivity index (χ3n) is 5.26. The first-order valence-electron chi connectivity index (χ1n) is 9.22. The number of rotatable bonds is 6. The molecule has 4 atom stereocenters.